The average Bonchev–Trinajstić information content (AvgIpc) is 2.62. The second-order valence-corrected chi connectivity index (χ2v) is 7.17. The third kappa shape index (κ3) is 4.78. The Morgan fingerprint density at radius 1 is 1.00 bits per heavy atom. The van der Waals surface area contributed by atoms with Gasteiger partial charge in [0.2, 0.25) is 0 Å². The molecule has 0 spiro atoms. The molecule has 2 aromatic carbocycles. The molecule has 26 heavy (non-hydrogen) atoms. The minimum Gasteiger partial charge on any atom is -0.481 e. The van der Waals surface area contributed by atoms with Gasteiger partial charge < -0.3 is 15.0 Å². The molecule has 0 bridgehead atoms. The van der Waals surface area contributed by atoms with Gasteiger partial charge in [0.05, 0.1) is 0 Å². The molecule has 0 saturated carbocycles. The Morgan fingerprint density at radius 2 is 1.62 bits per heavy atom. The molecule has 0 aliphatic carbocycles. The first-order chi connectivity index (χ1) is 12.5. The highest BCUT2D eigenvalue weighted by Crippen LogP contribution is 2.22. The first-order valence-electron chi connectivity index (χ1n) is 9.42. The molecule has 1 saturated heterocycles. The molecule has 0 aromatic heterocycles. The number of hydrogen-bond donors (Lipinski definition) is 1. The number of nitrogens with one attached hydrogen (secondary N) is 1. The zero-order valence-electron chi connectivity index (χ0n) is 15.9. The Balaban J connectivity index is 1.58. The van der Waals surface area contributed by atoms with E-state index in [0.29, 0.717) is 0 Å². The number of piperidine rings is 1. The fraction of sp³-hybridized carbons (Fsp3) is 0.409. The topological polar surface area (TPSA) is 41.6 Å². The molecule has 0 unspecified atom stereocenters. The van der Waals surface area contributed by atoms with Crippen molar-refractivity contribution in [1.82, 2.24) is 0 Å². The van der Waals surface area contributed by atoms with Gasteiger partial charge in [0.25, 0.3) is 5.91 Å². The highest BCUT2D eigenvalue weighted by Gasteiger charge is 2.16. The van der Waals surface area contributed by atoms with Crippen molar-refractivity contribution in [3.8, 4) is 5.75 Å². The van der Waals surface area contributed by atoms with E-state index >= 15 is 0 Å². The van der Waals surface area contributed by atoms with Gasteiger partial charge in [-0.2, -0.15) is 0 Å². The molecular formula is C22H28N2O2. The van der Waals surface area contributed by atoms with Crippen LogP contribution in [-0.2, 0) is 4.79 Å². The summed E-state index contributed by atoms with van der Waals surface area (Å²) in [5.74, 6) is 0.584. The van der Waals surface area contributed by atoms with Crippen molar-refractivity contribution in [2.24, 2.45) is 0 Å². The first kappa shape index (κ1) is 18.3. The van der Waals surface area contributed by atoms with E-state index in [4.69, 9.17) is 4.74 Å². The van der Waals surface area contributed by atoms with Gasteiger partial charge in [0.15, 0.2) is 6.10 Å². The normalized spacial score (nSPS) is 15.4. The average molecular weight is 352 g/mol. The Bertz CT molecular complexity index is 729. The third-order valence-corrected chi connectivity index (χ3v) is 4.73. The van der Waals surface area contributed by atoms with Gasteiger partial charge >= 0.3 is 0 Å². The molecule has 1 atom stereocenters. The lowest BCUT2D eigenvalue weighted by atomic mass is 10.1. The molecule has 1 aliphatic rings. The van der Waals surface area contributed by atoms with Crippen LogP contribution < -0.4 is 15.0 Å². The SMILES string of the molecule is Cc1cc(C)cc(O[C@@H](C)C(=O)Nc2ccc(N3CCCCC3)cc2)c1. The predicted octanol–water partition coefficient (Wildman–Crippen LogP) is 4.70. The maximum Gasteiger partial charge on any atom is 0.265 e. The summed E-state index contributed by atoms with van der Waals surface area (Å²) in [6, 6.07) is 14.1. The summed E-state index contributed by atoms with van der Waals surface area (Å²) in [5, 5.41) is 2.94. The van der Waals surface area contributed by atoms with Crippen molar-refractivity contribution in [3.63, 3.8) is 0 Å². The Kier molecular flexibility index (Phi) is 5.82. The van der Waals surface area contributed by atoms with Crippen molar-refractivity contribution >= 4 is 17.3 Å². The van der Waals surface area contributed by atoms with E-state index in [0.717, 1.165) is 35.7 Å². The molecule has 1 heterocycles. The number of amides is 1. The Morgan fingerprint density at radius 3 is 2.23 bits per heavy atom. The van der Waals surface area contributed by atoms with Gasteiger partial charge in [0.1, 0.15) is 5.75 Å². The van der Waals surface area contributed by atoms with Crippen LogP contribution in [0.25, 0.3) is 0 Å². The highest BCUT2D eigenvalue weighted by molar-refractivity contribution is 5.94. The van der Waals surface area contributed by atoms with Crippen LogP contribution in [0, 0.1) is 13.8 Å². The second kappa shape index (κ2) is 8.26. The highest BCUT2D eigenvalue weighted by atomic mass is 16.5. The number of aryl methyl sites for hydroxylation is 2. The van der Waals surface area contributed by atoms with Crippen LogP contribution in [0.1, 0.15) is 37.3 Å². The van der Waals surface area contributed by atoms with Crippen LogP contribution in [0.15, 0.2) is 42.5 Å². The summed E-state index contributed by atoms with van der Waals surface area (Å²) >= 11 is 0. The van der Waals surface area contributed by atoms with E-state index in [2.05, 4.69) is 28.4 Å². The molecule has 3 rings (SSSR count). The molecule has 1 aliphatic heterocycles. The lowest BCUT2D eigenvalue weighted by Gasteiger charge is -2.28. The van der Waals surface area contributed by atoms with Crippen LogP contribution in [-0.4, -0.2) is 25.1 Å². The van der Waals surface area contributed by atoms with Gasteiger partial charge in [-0.05, 0) is 87.6 Å². The number of benzene rings is 2. The number of ether oxygens (including phenoxy) is 1. The maximum atomic E-state index is 12.4. The van der Waals surface area contributed by atoms with Crippen molar-refractivity contribution in [1.29, 1.82) is 0 Å². The summed E-state index contributed by atoms with van der Waals surface area (Å²) in [6.45, 7) is 8.05. The number of nitrogens with zero attached hydrogens (tertiary/aromatic N) is 1. The predicted molar refractivity (Wildman–Crippen MR) is 107 cm³/mol. The summed E-state index contributed by atoms with van der Waals surface area (Å²) in [7, 11) is 0. The molecule has 1 amide bonds. The van der Waals surface area contributed by atoms with Crippen molar-refractivity contribution in [2.45, 2.75) is 46.1 Å². The monoisotopic (exact) mass is 352 g/mol. The smallest absolute Gasteiger partial charge is 0.265 e. The number of carbonyl (C=O) groups is 1. The van der Waals surface area contributed by atoms with Crippen LogP contribution in [0.2, 0.25) is 0 Å². The van der Waals surface area contributed by atoms with E-state index in [1.807, 2.05) is 38.1 Å². The van der Waals surface area contributed by atoms with E-state index in [1.165, 1.54) is 24.9 Å². The molecule has 138 valence electrons. The zero-order valence-corrected chi connectivity index (χ0v) is 15.9. The van der Waals surface area contributed by atoms with Crippen LogP contribution in [0.3, 0.4) is 0 Å². The van der Waals surface area contributed by atoms with E-state index in [9.17, 15) is 4.79 Å². The van der Waals surface area contributed by atoms with Gasteiger partial charge in [-0.1, -0.05) is 6.07 Å². The summed E-state index contributed by atoms with van der Waals surface area (Å²) in [6.07, 6.45) is 3.28. The molecule has 2 aromatic rings. The standard InChI is InChI=1S/C22H28N2O2/c1-16-13-17(2)15-21(14-16)26-18(3)22(25)23-19-7-9-20(10-8-19)24-11-5-4-6-12-24/h7-10,13-15,18H,4-6,11-12H2,1-3H3,(H,23,25)/t18-/m0/s1. The van der Waals surface area contributed by atoms with Crippen LogP contribution >= 0.6 is 0 Å². The molecular weight excluding hydrogens is 324 g/mol. The quantitative estimate of drug-likeness (QED) is 0.848. The molecule has 1 fully saturated rings. The van der Waals surface area contributed by atoms with Gasteiger partial charge in [0, 0.05) is 24.5 Å². The lowest BCUT2D eigenvalue weighted by Crippen LogP contribution is -2.30. The summed E-state index contributed by atoms with van der Waals surface area (Å²) in [5.41, 5.74) is 4.27. The van der Waals surface area contributed by atoms with E-state index in [1.54, 1.807) is 6.92 Å². The second-order valence-electron chi connectivity index (χ2n) is 7.17. The van der Waals surface area contributed by atoms with Crippen molar-refractivity contribution in [3.05, 3.63) is 53.6 Å². The third-order valence-electron chi connectivity index (χ3n) is 4.73. The number of anilines is 2. The summed E-state index contributed by atoms with van der Waals surface area (Å²) < 4.78 is 5.81. The summed E-state index contributed by atoms with van der Waals surface area (Å²) in [4.78, 5) is 14.8. The van der Waals surface area contributed by atoms with E-state index < -0.39 is 6.10 Å². The van der Waals surface area contributed by atoms with Crippen LogP contribution in [0.5, 0.6) is 5.75 Å². The van der Waals surface area contributed by atoms with Crippen molar-refractivity contribution in [2.75, 3.05) is 23.3 Å². The van der Waals surface area contributed by atoms with E-state index in [-0.39, 0.29) is 5.91 Å². The molecule has 4 heteroatoms. The molecule has 4 nitrogen and oxygen atoms in total. The largest absolute Gasteiger partial charge is 0.481 e. The maximum absolute atomic E-state index is 12.4. The number of hydrogen-bond acceptors (Lipinski definition) is 3. The van der Waals surface area contributed by atoms with Crippen molar-refractivity contribution < 1.29 is 9.53 Å². The van der Waals surface area contributed by atoms with Gasteiger partial charge in [-0.15, -0.1) is 0 Å². The number of rotatable bonds is 5. The first-order valence-corrected chi connectivity index (χ1v) is 9.42. The minimum atomic E-state index is -0.557. The number of carbonyl (C=O) groups excluding carboxylic acids is 1. The fourth-order valence-electron chi connectivity index (χ4n) is 3.41. The van der Waals surface area contributed by atoms with Crippen LogP contribution in [0.4, 0.5) is 11.4 Å². The lowest BCUT2D eigenvalue weighted by molar-refractivity contribution is -0.122. The zero-order chi connectivity index (χ0) is 18.5. The van der Waals surface area contributed by atoms with Gasteiger partial charge in [-0.25, -0.2) is 0 Å². The Labute approximate surface area is 156 Å². The minimum absolute atomic E-state index is 0.144. The Hall–Kier alpha value is -2.49. The molecule has 1 N–H and O–H groups in total. The fourth-order valence-corrected chi connectivity index (χ4v) is 3.41. The van der Waals surface area contributed by atoms with Gasteiger partial charge in [-0.3, -0.25) is 4.79 Å². The molecule has 0 radical (unpaired) electrons.